The summed E-state index contributed by atoms with van der Waals surface area (Å²) < 4.78 is 31.7. The van der Waals surface area contributed by atoms with Crippen molar-refractivity contribution in [1.29, 1.82) is 0 Å². The van der Waals surface area contributed by atoms with Crippen molar-refractivity contribution in [3.8, 4) is 0 Å². The Kier molecular flexibility index (Phi) is 8.44. The quantitative estimate of drug-likeness (QED) is 0.358. The van der Waals surface area contributed by atoms with Crippen LogP contribution in [0.2, 0.25) is 0 Å². The first kappa shape index (κ1) is 27.9. The van der Waals surface area contributed by atoms with Gasteiger partial charge in [-0.15, -0.1) is 11.8 Å². The molecule has 1 aromatic carbocycles. The van der Waals surface area contributed by atoms with Crippen LogP contribution >= 0.6 is 11.8 Å². The van der Waals surface area contributed by atoms with Crippen molar-refractivity contribution >= 4 is 28.6 Å². The Morgan fingerprint density at radius 3 is 2.59 bits per heavy atom. The largest absolute Gasteiger partial charge is 0.348 e. The minimum Gasteiger partial charge on any atom is -0.348 e. The fourth-order valence-electron chi connectivity index (χ4n) is 6.20. The number of amides is 1. The topological polar surface area (TPSA) is 79.4 Å². The maximum Gasteiger partial charge on any atom is 0.345 e. The van der Waals surface area contributed by atoms with Gasteiger partial charge in [-0.25, -0.2) is 0 Å². The molecular formula is C29H36F2N4O3S. The molecule has 5 rings (SSSR count). The average molecular weight is 559 g/mol. The molecule has 2 N–H and O–H groups in total. The van der Waals surface area contributed by atoms with E-state index >= 15 is 0 Å². The molecule has 1 saturated carbocycles. The molecule has 2 aliphatic rings. The van der Waals surface area contributed by atoms with Gasteiger partial charge >= 0.3 is 6.61 Å². The molecule has 39 heavy (non-hydrogen) atoms. The lowest BCUT2D eigenvalue weighted by Crippen LogP contribution is -2.57. The zero-order chi connectivity index (χ0) is 27.7. The van der Waals surface area contributed by atoms with Crippen LogP contribution in [0.1, 0.15) is 53.0 Å². The Labute approximate surface area is 231 Å². The number of carbonyl (C=O) groups is 1. The molecule has 1 aliphatic heterocycles. The standard InChI is InChI=1S/C29H36F2N4O3S/c1-17-12-25(39-3)23(27(36)33-17)13-32-28(37)26-18(2)35(24-7-5-4-6-22(24)26)14-19-8-10-20(11-9-19)34-15-21(16-34)38-29(30)31/h4-7,12,19-21,29H,8-11,13-16H2,1-3H3,(H,32,37)(H,33,36). The second-order valence-corrected chi connectivity index (χ2v) is 11.6. The van der Waals surface area contributed by atoms with Gasteiger partial charge in [0.05, 0.1) is 11.7 Å². The molecular weight excluding hydrogens is 522 g/mol. The van der Waals surface area contributed by atoms with Gasteiger partial charge in [0.15, 0.2) is 0 Å². The van der Waals surface area contributed by atoms with E-state index in [4.69, 9.17) is 0 Å². The van der Waals surface area contributed by atoms with Gasteiger partial charge in [0, 0.05) is 65.0 Å². The number of nitrogens with one attached hydrogen (secondary N) is 2. The van der Waals surface area contributed by atoms with Crippen molar-refractivity contribution in [3.63, 3.8) is 0 Å². The zero-order valence-corrected chi connectivity index (χ0v) is 23.5. The maximum atomic E-state index is 13.5. The number of rotatable bonds is 9. The number of thioether (sulfide) groups is 1. The van der Waals surface area contributed by atoms with Crippen LogP contribution in [0, 0.1) is 19.8 Å². The van der Waals surface area contributed by atoms with Gasteiger partial charge in [-0.3, -0.25) is 14.5 Å². The second-order valence-electron chi connectivity index (χ2n) is 10.7. The number of hydrogen-bond acceptors (Lipinski definition) is 5. The molecule has 10 heteroatoms. The Morgan fingerprint density at radius 1 is 1.18 bits per heavy atom. The summed E-state index contributed by atoms with van der Waals surface area (Å²) in [4.78, 5) is 32.0. The normalized spacial score (nSPS) is 20.5. The number of ether oxygens (including phenoxy) is 1. The minimum absolute atomic E-state index is 0.160. The van der Waals surface area contributed by atoms with Crippen molar-refractivity contribution in [3.05, 3.63) is 63.2 Å². The number of nitrogens with zero attached hydrogens (tertiary/aromatic N) is 2. The van der Waals surface area contributed by atoms with Crippen LogP contribution in [0.3, 0.4) is 0 Å². The van der Waals surface area contributed by atoms with E-state index in [0.717, 1.165) is 59.4 Å². The predicted octanol–water partition coefficient (Wildman–Crippen LogP) is 5.08. The molecule has 1 aliphatic carbocycles. The second kappa shape index (κ2) is 11.8. The predicted molar refractivity (Wildman–Crippen MR) is 150 cm³/mol. The fourth-order valence-corrected chi connectivity index (χ4v) is 6.90. The number of fused-ring (bicyclic) bond motifs is 1. The van der Waals surface area contributed by atoms with E-state index < -0.39 is 6.61 Å². The zero-order valence-electron chi connectivity index (χ0n) is 22.6. The van der Waals surface area contributed by atoms with Gasteiger partial charge in [0.2, 0.25) is 0 Å². The monoisotopic (exact) mass is 558 g/mol. The minimum atomic E-state index is -2.70. The Morgan fingerprint density at radius 2 is 1.90 bits per heavy atom. The van der Waals surface area contributed by atoms with Crippen LogP contribution in [0.4, 0.5) is 8.78 Å². The third-order valence-corrected chi connectivity index (χ3v) is 9.08. The molecule has 2 aromatic heterocycles. The smallest absolute Gasteiger partial charge is 0.345 e. The third kappa shape index (κ3) is 5.93. The molecule has 0 radical (unpaired) electrons. The number of pyridine rings is 1. The molecule has 0 spiro atoms. The summed E-state index contributed by atoms with van der Waals surface area (Å²) in [7, 11) is 0. The molecule has 0 unspecified atom stereocenters. The molecule has 0 bridgehead atoms. The highest BCUT2D eigenvalue weighted by atomic mass is 32.2. The van der Waals surface area contributed by atoms with Gasteiger partial charge in [0.1, 0.15) is 0 Å². The first-order valence-electron chi connectivity index (χ1n) is 13.6. The highest BCUT2D eigenvalue weighted by Gasteiger charge is 2.36. The van der Waals surface area contributed by atoms with E-state index in [2.05, 4.69) is 30.6 Å². The number of para-hydroxylation sites is 1. The number of hydrogen-bond donors (Lipinski definition) is 2. The molecule has 1 amide bonds. The van der Waals surface area contributed by atoms with Crippen LogP contribution in [-0.4, -0.2) is 58.5 Å². The van der Waals surface area contributed by atoms with Crippen molar-refractivity contribution in [1.82, 2.24) is 19.8 Å². The molecule has 0 atom stereocenters. The van der Waals surface area contributed by atoms with E-state index in [1.165, 1.54) is 11.8 Å². The number of aromatic amines is 1. The maximum absolute atomic E-state index is 13.5. The van der Waals surface area contributed by atoms with E-state index in [-0.39, 0.29) is 24.1 Å². The molecule has 1 saturated heterocycles. The summed E-state index contributed by atoms with van der Waals surface area (Å²) in [6.45, 7) is 3.32. The highest BCUT2D eigenvalue weighted by molar-refractivity contribution is 7.98. The summed E-state index contributed by atoms with van der Waals surface area (Å²) in [6.07, 6.45) is 5.78. The van der Waals surface area contributed by atoms with Crippen molar-refractivity contribution in [2.24, 2.45) is 5.92 Å². The molecule has 7 nitrogen and oxygen atoms in total. The van der Waals surface area contributed by atoms with Gasteiger partial charge in [-0.2, -0.15) is 8.78 Å². The number of halogens is 2. The first-order chi connectivity index (χ1) is 18.7. The number of likely N-dealkylation sites (tertiary alicyclic amines) is 1. The summed E-state index contributed by atoms with van der Waals surface area (Å²) in [5.41, 5.74) is 3.79. The number of carbonyl (C=O) groups excluding carboxylic acids is 1. The molecule has 3 heterocycles. The lowest BCUT2D eigenvalue weighted by molar-refractivity contribution is -0.202. The summed E-state index contributed by atoms with van der Waals surface area (Å²) >= 11 is 1.49. The Bertz CT molecular complexity index is 1390. The van der Waals surface area contributed by atoms with E-state index in [9.17, 15) is 18.4 Å². The van der Waals surface area contributed by atoms with Crippen LogP contribution in [-0.2, 0) is 17.8 Å². The first-order valence-corrected chi connectivity index (χ1v) is 14.8. The summed E-state index contributed by atoms with van der Waals surface area (Å²) in [5.74, 6) is 0.299. The SMILES string of the molecule is CSc1cc(C)[nH]c(=O)c1CNC(=O)c1c(C)n(CC2CCC(N3CC(OC(F)F)C3)CC2)c2ccccc12. The Balaban J connectivity index is 1.26. The summed E-state index contributed by atoms with van der Waals surface area (Å²) in [6, 6.07) is 10.3. The van der Waals surface area contributed by atoms with Crippen LogP contribution < -0.4 is 10.9 Å². The van der Waals surface area contributed by atoms with E-state index in [0.29, 0.717) is 36.2 Å². The number of alkyl halides is 2. The average Bonchev–Trinajstić information content (AvgIpc) is 3.16. The van der Waals surface area contributed by atoms with Gasteiger partial charge in [0.25, 0.3) is 11.5 Å². The van der Waals surface area contributed by atoms with Crippen LogP contribution in [0.5, 0.6) is 0 Å². The number of aryl methyl sites for hydroxylation is 1. The number of H-pyrrole nitrogens is 1. The number of aromatic nitrogens is 2. The lowest BCUT2D eigenvalue weighted by Gasteiger charge is -2.46. The van der Waals surface area contributed by atoms with Crippen molar-refractivity contribution in [2.45, 2.75) is 76.3 Å². The fraction of sp³-hybridized carbons (Fsp3) is 0.517. The highest BCUT2D eigenvalue weighted by Crippen LogP contribution is 2.34. The number of benzene rings is 1. The molecule has 210 valence electrons. The lowest BCUT2D eigenvalue weighted by atomic mass is 9.84. The third-order valence-electron chi connectivity index (χ3n) is 8.28. The van der Waals surface area contributed by atoms with Gasteiger partial charge in [-0.1, -0.05) is 18.2 Å². The van der Waals surface area contributed by atoms with Gasteiger partial charge < -0.3 is 19.6 Å². The van der Waals surface area contributed by atoms with Crippen molar-refractivity contribution in [2.75, 3.05) is 19.3 Å². The van der Waals surface area contributed by atoms with Crippen LogP contribution in [0.15, 0.2) is 40.0 Å². The summed E-state index contributed by atoms with van der Waals surface area (Å²) in [5, 5.41) is 3.91. The van der Waals surface area contributed by atoms with Crippen LogP contribution in [0.25, 0.3) is 10.9 Å². The van der Waals surface area contributed by atoms with E-state index in [1.54, 1.807) is 0 Å². The Hall–Kier alpha value is -2.69. The van der Waals surface area contributed by atoms with Crippen molar-refractivity contribution < 1.29 is 18.3 Å². The van der Waals surface area contributed by atoms with Gasteiger partial charge in [-0.05, 0) is 63.8 Å². The molecule has 2 fully saturated rings. The van der Waals surface area contributed by atoms with E-state index in [1.807, 2.05) is 44.4 Å². The molecule has 3 aromatic rings.